The molecule has 0 radical (unpaired) electrons. The van der Waals surface area contributed by atoms with E-state index in [1.165, 1.54) is 12.4 Å². The van der Waals surface area contributed by atoms with E-state index >= 15 is 0 Å². The summed E-state index contributed by atoms with van der Waals surface area (Å²) in [4.78, 5) is 20.9. The quantitative estimate of drug-likeness (QED) is 0.661. The number of amides is 1. The van der Waals surface area contributed by atoms with Gasteiger partial charge in [0, 0.05) is 35.5 Å². The van der Waals surface area contributed by atoms with E-state index < -0.39 is 0 Å². The molecule has 7 heteroatoms. The highest BCUT2D eigenvalue weighted by molar-refractivity contribution is 6.31. The maximum Gasteiger partial charge on any atom is 0.273 e. The number of anilines is 1. The zero-order valence-corrected chi connectivity index (χ0v) is 15.3. The smallest absolute Gasteiger partial charge is 0.273 e. The SMILES string of the molecule is O=C(NCc1ccccc1Cl)c1nccnc1NCc1ccccc1Cl. The molecule has 1 heterocycles. The molecule has 2 aromatic carbocycles. The Bertz CT molecular complexity index is 917. The van der Waals surface area contributed by atoms with Crippen LogP contribution in [0.25, 0.3) is 0 Å². The van der Waals surface area contributed by atoms with Crippen LogP contribution in [0.5, 0.6) is 0 Å². The molecular formula is C19H16Cl2N4O. The maximum atomic E-state index is 12.5. The van der Waals surface area contributed by atoms with Gasteiger partial charge in [0.15, 0.2) is 11.5 Å². The summed E-state index contributed by atoms with van der Waals surface area (Å²) in [6.45, 7) is 0.738. The Kier molecular flexibility index (Phi) is 6.04. The number of hydrogen-bond acceptors (Lipinski definition) is 4. The van der Waals surface area contributed by atoms with Gasteiger partial charge in [0.05, 0.1) is 0 Å². The molecule has 0 saturated heterocycles. The Morgan fingerprint density at radius 2 is 1.42 bits per heavy atom. The summed E-state index contributed by atoms with van der Waals surface area (Å²) in [7, 11) is 0. The van der Waals surface area contributed by atoms with Crippen molar-refractivity contribution in [3.05, 3.63) is 87.8 Å². The summed E-state index contributed by atoms with van der Waals surface area (Å²) in [5.74, 6) is 0.0590. The van der Waals surface area contributed by atoms with Crippen LogP contribution in [0.2, 0.25) is 10.0 Å². The van der Waals surface area contributed by atoms with Gasteiger partial charge in [-0.15, -0.1) is 0 Å². The van der Waals surface area contributed by atoms with Gasteiger partial charge >= 0.3 is 0 Å². The third-order valence-corrected chi connectivity index (χ3v) is 4.45. The third kappa shape index (κ3) is 4.50. The second-order valence-corrected chi connectivity index (χ2v) is 6.29. The molecule has 0 unspecified atom stereocenters. The van der Waals surface area contributed by atoms with Crippen molar-refractivity contribution in [2.45, 2.75) is 13.1 Å². The fraction of sp³-hybridized carbons (Fsp3) is 0.105. The van der Waals surface area contributed by atoms with E-state index in [2.05, 4.69) is 20.6 Å². The summed E-state index contributed by atoms with van der Waals surface area (Å²) in [5.41, 5.74) is 1.95. The van der Waals surface area contributed by atoms with Gasteiger partial charge in [0.1, 0.15) is 0 Å². The molecule has 132 valence electrons. The van der Waals surface area contributed by atoms with Crippen LogP contribution in [0.15, 0.2) is 60.9 Å². The predicted molar refractivity (Wildman–Crippen MR) is 103 cm³/mol. The van der Waals surface area contributed by atoms with Gasteiger partial charge < -0.3 is 10.6 Å². The number of benzene rings is 2. The van der Waals surface area contributed by atoms with Gasteiger partial charge in [-0.2, -0.15) is 0 Å². The highest BCUT2D eigenvalue weighted by atomic mass is 35.5. The average Bonchev–Trinajstić information content (AvgIpc) is 2.67. The Morgan fingerprint density at radius 3 is 2.08 bits per heavy atom. The first-order chi connectivity index (χ1) is 12.6. The van der Waals surface area contributed by atoms with Crippen LogP contribution in [0, 0.1) is 0 Å². The summed E-state index contributed by atoms with van der Waals surface area (Å²) in [5, 5.41) is 7.18. The summed E-state index contributed by atoms with van der Waals surface area (Å²) in [6.07, 6.45) is 3.00. The second-order valence-electron chi connectivity index (χ2n) is 5.47. The molecule has 0 fully saturated rings. The van der Waals surface area contributed by atoms with Crippen molar-refractivity contribution >= 4 is 34.9 Å². The normalized spacial score (nSPS) is 10.4. The molecule has 0 saturated carbocycles. The monoisotopic (exact) mass is 386 g/mol. The highest BCUT2D eigenvalue weighted by Gasteiger charge is 2.14. The van der Waals surface area contributed by atoms with Crippen LogP contribution < -0.4 is 10.6 Å². The van der Waals surface area contributed by atoms with Crippen LogP contribution >= 0.6 is 23.2 Å². The fourth-order valence-corrected chi connectivity index (χ4v) is 2.76. The third-order valence-electron chi connectivity index (χ3n) is 3.71. The maximum absolute atomic E-state index is 12.5. The van der Waals surface area contributed by atoms with Crippen LogP contribution in [0.4, 0.5) is 5.82 Å². The molecule has 0 aliphatic carbocycles. The van der Waals surface area contributed by atoms with E-state index in [0.717, 1.165) is 11.1 Å². The molecule has 2 N–H and O–H groups in total. The van der Waals surface area contributed by atoms with E-state index in [1.54, 1.807) is 6.07 Å². The average molecular weight is 387 g/mol. The predicted octanol–water partition coefficient (Wildman–Crippen LogP) is 4.33. The molecule has 0 spiro atoms. The van der Waals surface area contributed by atoms with E-state index in [1.807, 2.05) is 42.5 Å². The first-order valence-corrected chi connectivity index (χ1v) is 8.70. The first kappa shape index (κ1) is 18.2. The Labute approximate surface area is 161 Å². The minimum atomic E-state index is -0.334. The lowest BCUT2D eigenvalue weighted by Crippen LogP contribution is -2.25. The van der Waals surface area contributed by atoms with Crippen molar-refractivity contribution in [1.29, 1.82) is 0 Å². The summed E-state index contributed by atoms with van der Waals surface area (Å²) >= 11 is 12.3. The van der Waals surface area contributed by atoms with E-state index in [0.29, 0.717) is 29.0 Å². The molecule has 0 bridgehead atoms. The number of halogens is 2. The molecule has 0 atom stereocenters. The lowest BCUT2D eigenvalue weighted by atomic mass is 10.2. The van der Waals surface area contributed by atoms with Crippen molar-refractivity contribution in [3.8, 4) is 0 Å². The van der Waals surface area contributed by atoms with Gasteiger partial charge in [-0.3, -0.25) is 4.79 Å². The number of carbonyl (C=O) groups is 1. The molecule has 26 heavy (non-hydrogen) atoms. The zero-order chi connectivity index (χ0) is 18.4. The fourth-order valence-electron chi connectivity index (χ4n) is 2.36. The van der Waals surface area contributed by atoms with E-state index in [-0.39, 0.29) is 11.6 Å². The standard InChI is InChI=1S/C19H16Cl2N4O/c20-15-7-3-1-5-13(15)11-24-18-17(22-9-10-23-18)19(26)25-12-14-6-2-4-8-16(14)21/h1-10H,11-12H2,(H,23,24)(H,25,26). The Morgan fingerprint density at radius 1 is 0.846 bits per heavy atom. The number of carbonyl (C=O) groups excluding carboxylic acids is 1. The summed E-state index contributed by atoms with van der Waals surface area (Å²) in [6, 6.07) is 14.8. The zero-order valence-electron chi connectivity index (χ0n) is 13.7. The van der Waals surface area contributed by atoms with Crippen molar-refractivity contribution in [1.82, 2.24) is 15.3 Å². The summed E-state index contributed by atoms with van der Waals surface area (Å²) < 4.78 is 0. The minimum absolute atomic E-state index is 0.214. The molecule has 0 aliphatic heterocycles. The first-order valence-electron chi connectivity index (χ1n) is 7.95. The molecule has 3 aromatic rings. The Hall–Kier alpha value is -2.63. The van der Waals surface area contributed by atoms with Crippen LogP contribution in [-0.2, 0) is 13.1 Å². The van der Waals surface area contributed by atoms with Crippen LogP contribution in [0.3, 0.4) is 0 Å². The van der Waals surface area contributed by atoms with Crippen molar-refractivity contribution < 1.29 is 4.79 Å². The van der Waals surface area contributed by atoms with Crippen molar-refractivity contribution in [3.63, 3.8) is 0 Å². The van der Waals surface area contributed by atoms with Crippen LogP contribution in [-0.4, -0.2) is 15.9 Å². The lowest BCUT2D eigenvalue weighted by molar-refractivity contribution is 0.0946. The molecule has 1 amide bonds. The van der Waals surface area contributed by atoms with Gasteiger partial charge in [0.25, 0.3) is 5.91 Å². The van der Waals surface area contributed by atoms with Gasteiger partial charge in [-0.05, 0) is 23.3 Å². The van der Waals surface area contributed by atoms with E-state index in [4.69, 9.17) is 23.2 Å². The van der Waals surface area contributed by atoms with Crippen molar-refractivity contribution in [2.24, 2.45) is 0 Å². The van der Waals surface area contributed by atoms with Gasteiger partial charge in [0.2, 0.25) is 0 Å². The van der Waals surface area contributed by atoms with E-state index in [9.17, 15) is 4.79 Å². The largest absolute Gasteiger partial charge is 0.364 e. The van der Waals surface area contributed by atoms with Gasteiger partial charge in [-0.25, -0.2) is 9.97 Å². The molecule has 1 aromatic heterocycles. The molecule has 0 aliphatic rings. The number of nitrogens with zero attached hydrogens (tertiary/aromatic N) is 2. The number of hydrogen-bond donors (Lipinski definition) is 2. The highest BCUT2D eigenvalue weighted by Crippen LogP contribution is 2.18. The number of aromatic nitrogens is 2. The molecule has 5 nitrogen and oxygen atoms in total. The second kappa shape index (κ2) is 8.65. The number of rotatable bonds is 6. The molecule has 3 rings (SSSR count). The Balaban J connectivity index is 1.69. The van der Waals surface area contributed by atoms with Crippen molar-refractivity contribution in [2.75, 3.05) is 5.32 Å². The lowest BCUT2D eigenvalue weighted by Gasteiger charge is -2.11. The van der Waals surface area contributed by atoms with Crippen LogP contribution in [0.1, 0.15) is 21.6 Å². The minimum Gasteiger partial charge on any atom is -0.364 e. The topological polar surface area (TPSA) is 66.9 Å². The molecular weight excluding hydrogens is 371 g/mol. The number of nitrogens with one attached hydrogen (secondary N) is 2. The van der Waals surface area contributed by atoms with Gasteiger partial charge in [-0.1, -0.05) is 59.6 Å².